The predicted octanol–water partition coefficient (Wildman–Crippen LogP) is 3.93. The van der Waals surface area contributed by atoms with Crippen LogP contribution in [0.3, 0.4) is 0 Å². The van der Waals surface area contributed by atoms with E-state index in [1.165, 1.54) is 12.3 Å². The van der Waals surface area contributed by atoms with Gasteiger partial charge in [0.05, 0.1) is 12.2 Å². The Morgan fingerprint density at radius 1 is 1.16 bits per heavy atom. The number of hydrogen-bond acceptors (Lipinski definition) is 7. The van der Waals surface area contributed by atoms with Gasteiger partial charge in [-0.2, -0.15) is 13.2 Å². The highest BCUT2D eigenvalue weighted by Gasteiger charge is 2.51. The van der Waals surface area contributed by atoms with Crippen molar-refractivity contribution in [3.63, 3.8) is 0 Å². The van der Waals surface area contributed by atoms with Crippen molar-refractivity contribution in [2.75, 3.05) is 18.5 Å². The summed E-state index contributed by atoms with van der Waals surface area (Å²) in [6, 6.07) is 1.56. The Balaban J connectivity index is 1.52. The zero-order chi connectivity index (χ0) is 22.5. The summed E-state index contributed by atoms with van der Waals surface area (Å²) in [6.07, 6.45) is 0.150. The first-order chi connectivity index (χ1) is 15.3. The molecule has 1 unspecified atom stereocenters. The number of carbonyl (C=O) groups is 1. The van der Waals surface area contributed by atoms with E-state index in [9.17, 15) is 18.0 Å². The smallest absolute Gasteiger partial charge is 0.416 e. The summed E-state index contributed by atoms with van der Waals surface area (Å²) in [5.74, 6) is -0.655. The SMILES string of the molecule is CCOC(=O)C1(c2ccon2)CN=C(Nc2c3c(c(C(F)(F)F)c4c2CCC4)CCC3)O1. The Morgan fingerprint density at radius 3 is 2.38 bits per heavy atom. The van der Waals surface area contributed by atoms with Crippen molar-refractivity contribution < 1.29 is 32.0 Å². The second kappa shape index (κ2) is 7.53. The van der Waals surface area contributed by atoms with Gasteiger partial charge in [-0.1, -0.05) is 5.16 Å². The van der Waals surface area contributed by atoms with Crippen molar-refractivity contribution >= 4 is 17.7 Å². The maximum Gasteiger partial charge on any atom is 0.416 e. The third kappa shape index (κ3) is 3.15. The highest BCUT2D eigenvalue weighted by molar-refractivity contribution is 5.97. The molecule has 0 saturated heterocycles. The predicted molar refractivity (Wildman–Crippen MR) is 107 cm³/mol. The van der Waals surface area contributed by atoms with Gasteiger partial charge in [0, 0.05) is 11.8 Å². The lowest BCUT2D eigenvalue weighted by Gasteiger charge is -2.25. The lowest BCUT2D eigenvalue weighted by Crippen LogP contribution is -2.42. The summed E-state index contributed by atoms with van der Waals surface area (Å²) in [5.41, 5.74) is 0.874. The van der Waals surface area contributed by atoms with Gasteiger partial charge in [-0.25, -0.2) is 9.79 Å². The largest absolute Gasteiger partial charge is 0.463 e. The first-order valence-corrected chi connectivity index (χ1v) is 10.7. The molecule has 7 nitrogen and oxygen atoms in total. The van der Waals surface area contributed by atoms with E-state index < -0.39 is 23.3 Å². The van der Waals surface area contributed by atoms with E-state index in [0.29, 0.717) is 66.5 Å². The van der Waals surface area contributed by atoms with Gasteiger partial charge in [0.1, 0.15) is 18.5 Å². The maximum atomic E-state index is 13.9. The molecule has 5 rings (SSSR count). The Labute approximate surface area is 182 Å². The second-order valence-electron chi connectivity index (χ2n) is 8.15. The average Bonchev–Trinajstić information content (AvgIpc) is 3.52. The summed E-state index contributed by atoms with van der Waals surface area (Å²) in [6.45, 7) is 1.74. The maximum absolute atomic E-state index is 13.9. The van der Waals surface area contributed by atoms with E-state index in [2.05, 4.69) is 15.5 Å². The van der Waals surface area contributed by atoms with Crippen LogP contribution < -0.4 is 5.32 Å². The van der Waals surface area contributed by atoms with Gasteiger partial charge in [-0.3, -0.25) is 0 Å². The average molecular weight is 449 g/mol. The number of fused-ring (bicyclic) bond motifs is 2. The molecular formula is C22H22F3N3O4. The summed E-state index contributed by atoms with van der Waals surface area (Å²) >= 11 is 0. The van der Waals surface area contributed by atoms with Crippen LogP contribution in [0.25, 0.3) is 0 Å². The van der Waals surface area contributed by atoms with E-state index in [1.807, 2.05) is 0 Å². The minimum atomic E-state index is -4.38. The van der Waals surface area contributed by atoms with Gasteiger partial charge in [0.2, 0.25) is 0 Å². The highest BCUT2D eigenvalue weighted by Crippen LogP contribution is 2.48. The van der Waals surface area contributed by atoms with Crippen molar-refractivity contribution in [2.24, 2.45) is 4.99 Å². The number of alkyl halides is 3. The molecule has 0 spiro atoms. The summed E-state index contributed by atoms with van der Waals surface area (Å²) in [4.78, 5) is 17.1. The van der Waals surface area contributed by atoms with Gasteiger partial charge >= 0.3 is 12.1 Å². The molecule has 10 heteroatoms. The fourth-order valence-corrected chi connectivity index (χ4v) is 5.05. The molecule has 2 aromatic rings. The van der Waals surface area contributed by atoms with Gasteiger partial charge in [-0.05, 0) is 67.7 Å². The highest BCUT2D eigenvalue weighted by atomic mass is 19.4. The first-order valence-electron chi connectivity index (χ1n) is 10.7. The van der Waals surface area contributed by atoms with Crippen LogP contribution in [0.15, 0.2) is 21.8 Å². The van der Waals surface area contributed by atoms with Gasteiger partial charge < -0.3 is 19.3 Å². The van der Waals surface area contributed by atoms with Crippen LogP contribution in [-0.4, -0.2) is 30.3 Å². The zero-order valence-electron chi connectivity index (χ0n) is 17.5. The van der Waals surface area contributed by atoms with E-state index in [-0.39, 0.29) is 24.9 Å². The molecule has 1 N–H and O–H groups in total. The van der Waals surface area contributed by atoms with Crippen LogP contribution in [0.4, 0.5) is 18.9 Å². The van der Waals surface area contributed by atoms with Crippen molar-refractivity contribution in [3.05, 3.63) is 45.8 Å². The number of nitrogens with zero attached hydrogens (tertiary/aromatic N) is 2. The van der Waals surface area contributed by atoms with Crippen molar-refractivity contribution in [1.82, 2.24) is 5.16 Å². The molecule has 3 aliphatic rings. The van der Waals surface area contributed by atoms with Crippen LogP contribution in [0.1, 0.15) is 53.3 Å². The molecule has 1 aromatic carbocycles. The third-order valence-corrected chi connectivity index (χ3v) is 6.33. The van der Waals surface area contributed by atoms with E-state index in [4.69, 9.17) is 14.0 Å². The molecule has 1 aromatic heterocycles. The number of aliphatic imine (C=N–C) groups is 1. The Hall–Kier alpha value is -3.04. The van der Waals surface area contributed by atoms with Crippen molar-refractivity contribution in [2.45, 2.75) is 57.2 Å². The van der Waals surface area contributed by atoms with E-state index in [1.54, 1.807) is 6.92 Å². The minimum Gasteiger partial charge on any atom is -0.463 e. The van der Waals surface area contributed by atoms with Crippen LogP contribution in [-0.2, 0) is 51.7 Å². The standard InChI is InChI=1S/C22H22F3N3O4/c1-2-30-19(29)21(16-9-10-31-28-16)11-26-20(32-21)27-18-14-7-3-5-12(14)17(22(23,24)25)13-6-4-8-15(13)18/h9-10H,2-8,11H2,1H3,(H,26,27). The summed E-state index contributed by atoms with van der Waals surface area (Å²) < 4.78 is 57.8. The van der Waals surface area contributed by atoms with E-state index >= 15 is 0 Å². The zero-order valence-corrected chi connectivity index (χ0v) is 17.5. The lowest BCUT2D eigenvalue weighted by atomic mass is 9.91. The molecular weight excluding hydrogens is 427 g/mol. The normalized spacial score (nSPS) is 21.7. The number of aromatic nitrogens is 1. The summed E-state index contributed by atoms with van der Waals surface area (Å²) in [7, 11) is 0. The molecule has 32 heavy (non-hydrogen) atoms. The van der Waals surface area contributed by atoms with Crippen molar-refractivity contribution in [3.8, 4) is 0 Å². The molecule has 1 atom stereocenters. The number of esters is 1. The molecule has 0 saturated carbocycles. The molecule has 0 radical (unpaired) electrons. The third-order valence-electron chi connectivity index (χ3n) is 6.33. The number of benzene rings is 1. The monoisotopic (exact) mass is 449 g/mol. The fourth-order valence-electron chi connectivity index (χ4n) is 5.05. The van der Waals surface area contributed by atoms with Gasteiger partial charge in [0.25, 0.3) is 11.6 Å². The van der Waals surface area contributed by atoms with Crippen LogP contribution >= 0.6 is 0 Å². The first kappa shape index (κ1) is 20.8. The van der Waals surface area contributed by atoms with Crippen LogP contribution in [0.2, 0.25) is 0 Å². The number of anilines is 1. The van der Waals surface area contributed by atoms with Crippen LogP contribution in [0, 0.1) is 0 Å². The number of carbonyl (C=O) groups excluding carboxylic acids is 1. The number of ether oxygens (including phenoxy) is 2. The molecule has 170 valence electrons. The topological polar surface area (TPSA) is 86.0 Å². The Kier molecular flexibility index (Phi) is 4.90. The Morgan fingerprint density at radius 2 is 1.81 bits per heavy atom. The number of rotatable bonds is 4. The summed E-state index contributed by atoms with van der Waals surface area (Å²) in [5, 5.41) is 6.97. The number of hydrogen-bond donors (Lipinski definition) is 1. The quantitative estimate of drug-likeness (QED) is 0.712. The van der Waals surface area contributed by atoms with Gasteiger partial charge in [-0.15, -0.1) is 0 Å². The minimum absolute atomic E-state index is 0.0593. The second-order valence-corrected chi connectivity index (χ2v) is 8.15. The molecule has 1 aliphatic heterocycles. The van der Waals surface area contributed by atoms with Crippen molar-refractivity contribution in [1.29, 1.82) is 0 Å². The Bertz CT molecular complexity index is 1060. The number of amidine groups is 1. The molecule has 2 heterocycles. The van der Waals surface area contributed by atoms with Crippen LogP contribution in [0.5, 0.6) is 0 Å². The number of nitrogens with one attached hydrogen (secondary N) is 1. The molecule has 0 bridgehead atoms. The number of halogens is 3. The fraction of sp³-hybridized carbons (Fsp3) is 0.500. The molecule has 0 fully saturated rings. The lowest BCUT2D eigenvalue weighted by molar-refractivity contribution is -0.162. The molecule has 0 amide bonds. The molecule has 2 aliphatic carbocycles. The van der Waals surface area contributed by atoms with Gasteiger partial charge in [0.15, 0.2) is 0 Å². The van der Waals surface area contributed by atoms with E-state index in [0.717, 1.165) is 0 Å².